The van der Waals surface area contributed by atoms with Gasteiger partial charge < -0.3 is 10.4 Å². The van der Waals surface area contributed by atoms with Crippen molar-refractivity contribution in [1.29, 1.82) is 0 Å². The summed E-state index contributed by atoms with van der Waals surface area (Å²) in [6.07, 6.45) is 0.883. The summed E-state index contributed by atoms with van der Waals surface area (Å²) in [5.41, 5.74) is 0.387. The van der Waals surface area contributed by atoms with Crippen molar-refractivity contribution in [2.24, 2.45) is 0 Å². The second-order valence-electron chi connectivity index (χ2n) is 4.25. The van der Waals surface area contributed by atoms with Gasteiger partial charge in [0.15, 0.2) is 0 Å². The number of aromatic nitrogens is 1. The average Bonchev–Trinajstić information content (AvgIpc) is 2.41. The highest BCUT2D eigenvalue weighted by molar-refractivity contribution is 6.33. The number of hydrogen-bond acceptors (Lipinski definition) is 3. The van der Waals surface area contributed by atoms with Crippen LogP contribution in [0.4, 0.5) is 10.1 Å². The van der Waals surface area contributed by atoms with Crippen LogP contribution < -0.4 is 5.32 Å². The molecule has 1 amide bonds. The molecule has 1 heterocycles. The van der Waals surface area contributed by atoms with E-state index in [0.29, 0.717) is 5.56 Å². The van der Waals surface area contributed by atoms with E-state index < -0.39 is 17.7 Å². The first-order valence-corrected chi connectivity index (χ1v) is 6.23. The van der Waals surface area contributed by atoms with Crippen LogP contribution in [-0.2, 0) is 0 Å². The van der Waals surface area contributed by atoms with Crippen molar-refractivity contribution in [1.82, 2.24) is 4.98 Å². The minimum Gasteiger partial charge on any atom is -0.478 e. The SMILES string of the molecule is Cc1cccc(NC(=O)c2cc(F)cnc2Cl)c1C(=O)O. The molecule has 2 N–H and O–H groups in total. The van der Waals surface area contributed by atoms with Gasteiger partial charge in [-0.1, -0.05) is 23.7 Å². The first-order valence-electron chi connectivity index (χ1n) is 5.85. The highest BCUT2D eigenvalue weighted by atomic mass is 35.5. The fourth-order valence-electron chi connectivity index (χ4n) is 1.83. The molecule has 0 bridgehead atoms. The minimum absolute atomic E-state index is 0.0358. The number of anilines is 1. The van der Waals surface area contributed by atoms with Crippen molar-refractivity contribution in [3.63, 3.8) is 0 Å². The van der Waals surface area contributed by atoms with E-state index in [-0.39, 0.29) is 22.0 Å². The van der Waals surface area contributed by atoms with E-state index in [1.807, 2.05) is 0 Å². The Kier molecular flexibility index (Phi) is 4.18. The van der Waals surface area contributed by atoms with Gasteiger partial charge in [-0.2, -0.15) is 0 Å². The standard InChI is InChI=1S/C14H10ClFN2O3/c1-7-3-2-4-10(11(7)14(20)21)18-13(19)9-5-8(16)6-17-12(9)15/h2-6H,1H3,(H,18,19)(H,20,21). The monoisotopic (exact) mass is 308 g/mol. The van der Waals surface area contributed by atoms with Crippen LogP contribution >= 0.6 is 11.6 Å². The second-order valence-corrected chi connectivity index (χ2v) is 4.61. The maximum absolute atomic E-state index is 13.1. The number of aryl methyl sites for hydroxylation is 1. The van der Waals surface area contributed by atoms with Crippen molar-refractivity contribution in [3.8, 4) is 0 Å². The van der Waals surface area contributed by atoms with Crippen LogP contribution in [0.2, 0.25) is 5.15 Å². The van der Waals surface area contributed by atoms with Gasteiger partial charge in [-0.05, 0) is 24.6 Å². The molecule has 0 radical (unpaired) electrons. The Labute approximate surface area is 124 Å². The summed E-state index contributed by atoms with van der Waals surface area (Å²) < 4.78 is 13.1. The summed E-state index contributed by atoms with van der Waals surface area (Å²) in [5, 5.41) is 11.4. The summed E-state index contributed by atoms with van der Waals surface area (Å²) in [6, 6.07) is 5.58. The van der Waals surface area contributed by atoms with Gasteiger partial charge in [-0.25, -0.2) is 14.2 Å². The largest absolute Gasteiger partial charge is 0.478 e. The van der Waals surface area contributed by atoms with E-state index in [4.69, 9.17) is 11.6 Å². The molecule has 2 rings (SSSR count). The fourth-order valence-corrected chi connectivity index (χ4v) is 2.02. The zero-order valence-electron chi connectivity index (χ0n) is 10.9. The molecule has 0 spiro atoms. The summed E-state index contributed by atoms with van der Waals surface area (Å²) in [7, 11) is 0. The van der Waals surface area contributed by atoms with Gasteiger partial charge in [0.05, 0.1) is 23.0 Å². The predicted molar refractivity (Wildman–Crippen MR) is 75.3 cm³/mol. The number of benzene rings is 1. The lowest BCUT2D eigenvalue weighted by atomic mass is 10.1. The van der Waals surface area contributed by atoms with E-state index >= 15 is 0 Å². The number of nitrogens with one attached hydrogen (secondary N) is 1. The van der Waals surface area contributed by atoms with Gasteiger partial charge in [0.25, 0.3) is 5.91 Å². The Morgan fingerprint density at radius 3 is 2.76 bits per heavy atom. The van der Waals surface area contributed by atoms with Crippen LogP contribution in [0.3, 0.4) is 0 Å². The molecule has 21 heavy (non-hydrogen) atoms. The number of rotatable bonds is 3. The number of carbonyl (C=O) groups excluding carboxylic acids is 1. The van der Waals surface area contributed by atoms with E-state index in [9.17, 15) is 19.1 Å². The number of carboxylic acids is 1. The Hall–Kier alpha value is -2.47. The summed E-state index contributed by atoms with van der Waals surface area (Å²) in [4.78, 5) is 26.8. The molecule has 5 nitrogen and oxygen atoms in total. The maximum Gasteiger partial charge on any atom is 0.338 e. The lowest BCUT2D eigenvalue weighted by molar-refractivity contribution is 0.0697. The maximum atomic E-state index is 13.1. The Morgan fingerprint density at radius 1 is 1.38 bits per heavy atom. The van der Waals surface area contributed by atoms with Crippen molar-refractivity contribution in [3.05, 3.63) is 58.1 Å². The predicted octanol–water partition coefficient (Wildman–Crippen LogP) is 3.13. The smallest absolute Gasteiger partial charge is 0.338 e. The lowest BCUT2D eigenvalue weighted by Gasteiger charge is -2.11. The van der Waals surface area contributed by atoms with Crippen molar-refractivity contribution in [2.75, 3.05) is 5.32 Å². The zero-order valence-corrected chi connectivity index (χ0v) is 11.6. The van der Waals surface area contributed by atoms with Crippen molar-refractivity contribution in [2.45, 2.75) is 6.92 Å². The van der Waals surface area contributed by atoms with E-state index in [1.54, 1.807) is 19.1 Å². The number of amides is 1. The summed E-state index contributed by atoms with van der Waals surface area (Å²) >= 11 is 5.74. The number of carbonyl (C=O) groups is 2. The number of hydrogen-bond donors (Lipinski definition) is 2. The molecule has 0 aliphatic rings. The van der Waals surface area contributed by atoms with Gasteiger partial charge in [0, 0.05) is 0 Å². The van der Waals surface area contributed by atoms with Gasteiger partial charge in [0.1, 0.15) is 11.0 Å². The molecule has 108 valence electrons. The van der Waals surface area contributed by atoms with Gasteiger partial charge in [0.2, 0.25) is 0 Å². The molecule has 0 unspecified atom stereocenters. The third-order valence-corrected chi connectivity index (χ3v) is 3.09. The second kappa shape index (κ2) is 5.88. The van der Waals surface area contributed by atoms with Crippen LogP contribution in [0.25, 0.3) is 0 Å². The number of nitrogens with zero attached hydrogens (tertiary/aromatic N) is 1. The van der Waals surface area contributed by atoms with Crippen LogP contribution in [0.15, 0.2) is 30.5 Å². The lowest BCUT2D eigenvalue weighted by Crippen LogP contribution is -2.16. The van der Waals surface area contributed by atoms with Gasteiger partial charge in [-0.3, -0.25) is 4.79 Å². The molecular weight excluding hydrogens is 299 g/mol. The Morgan fingerprint density at radius 2 is 2.10 bits per heavy atom. The fraction of sp³-hybridized carbons (Fsp3) is 0.0714. The summed E-state index contributed by atoms with van der Waals surface area (Å²) in [6.45, 7) is 1.61. The third-order valence-electron chi connectivity index (χ3n) is 2.79. The van der Waals surface area contributed by atoms with Gasteiger partial charge >= 0.3 is 5.97 Å². The molecule has 0 saturated carbocycles. The molecule has 2 aromatic rings. The Bertz CT molecular complexity index is 734. The van der Waals surface area contributed by atoms with Crippen LogP contribution in [0.5, 0.6) is 0 Å². The first kappa shape index (κ1) is 14.9. The molecule has 1 aromatic heterocycles. The molecule has 0 saturated heterocycles. The number of carboxylic acid groups (broad SMARTS) is 1. The van der Waals surface area contributed by atoms with Crippen LogP contribution in [-0.4, -0.2) is 22.0 Å². The average molecular weight is 309 g/mol. The van der Waals surface area contributed by atoms with E-state index in [1.165, 1.54) is 6.07 Å². The molecule has 7 heteroatoms. The number of pyridine rings is 1. The third kappa shape index (κ3) is 3.17. The van der Waals surface area contributed by atoms with E-state index in [2.05, 4.69) is 10.3 Å². The molecule has 0 aliphatic heterocycles. The van der Waals surface area contributed by atoms with Crippen LogP contribution in [0.1, 0.15) is 26.3 Å². The Balaban J connectivity index is 2.39. The van der Waals surface area contributed by atoms with E-state index in [0.717, 1.165) is 12.3 Å². The highest BCUT2D eigenvalue weighted by Crippen LogP contribution is 2.22. The normalized spacial score (nSPS) is 10.2. The molecule has 0 aliphatic carbocycles. The topological polar surface area (TPSA) is 79.3 Å². The van der Waals surface area contributed by atoms with Crippen molar-refractivity contribution >= 4 is 29.2 Å². The number of halogens is 2. The quantitative estimate of drug-likeness (QED) is 0.854. The number of aromatic carboxylic acids is 1. The van der Waals surface area contributed by atoms with Crippen molar-refractivity contribution < 1.29 is 19.1 Å². The zero-order chi connectivity index (χ0) is 15.6. The molecular formula is C14H10ClFN2O3. The summed E-state index contributed by atoms with van der Waals surface area (Å²) in [5.74, 6) is -2.63. The minimum atomic E-state index is -1.17. The first-order chi connectivity index (χ1) is 9.90. The highest BCUT2D eigenvalue weighted by Gasteiger charge is 2.18. The molecule has 1 aromatic carbocycles. The van der Waals surface area contributed by atoms with Gasteiger partial charge in [-0.15, -0.1) is 0 Å². The molecule has 0 atom stereocenters. The van der Waals surface area contributed by atoms with Crippen LogP contribution in [0, 0.1) is 12.7 Å². The molecule has 0 fully saturated rings.